The Balaban J connectivity index is 1.95. The van der Waals surface area contributed by atoms with Crippen LogP contribution in [0.1, 0.15) is 58.3 Å². The number of hydrogen-bond acceptors (Lipinski definition) is 5. The van der Waals surface area contributed by atoms with Crippen molar-refractivity contribution in [1.82, 2.24) is 0 Å². The summed E-state index contributed by atoms with van der Waals surface area (Å²) in [5, 5.41) is 0.569. The van der Waals surface area contributed by atoms with Gasteiger partial charge in [0.2, 0.25) is 5.43 Å². The molecule has 0 saturated heterocycles. The lowest BCUT2D eigenvalue weighted by molar-refractivity contribution is 0.240. The van der Waals surface area contributed by atoms with E-state index >= 15 is 0 Å². The number of fused-ring (bicyclic) bond motifs is 2. The lowest BCUT2D eigenvalue weighted by atomic mass is 9.96. The Morgan fingerprint density at radius 2 is 1.74 bits per heavy atom. The Kier molecular flexibility index (Phi) is 5.94. The van der Waals surface area contributed by atoms with E-state index in [0.29, 0.717) is 47.0 Å². The second-order valence-corrected chi connectivity index (χ2v) is 8.51. The van der Waals surface area contributed by atoms with Gasteiger partial charge < -0.3 is 18.6 Å². The maximum absolute atomic E-state index is 13.7. The molecule has 164 valence electrons. The van der Waals surface area contributed by atoms with E-state index in [0.717, 1.165) is 29.7 Å². The third kappa shape index (κ3) is 4.14. The van der Waals surface area contributed by atoms with Crippen molar-refractivity contribution < 1.29 is 18.6 Å². The van der Waals surface area contributed by atoms with E-state index in [1.807, 2.05) is 58.0 Å². The van der Waals surface area contributed by atoms with Crippen molar-refractivity contribution in [3.05, 3.63) is 51.9 Å². The quantitative estimate of drug-likeness (QED) is 0.498. The van der Waals surface area contributed by atoms with Crippen LogP contribution in [-0.4, -0.2) is 19.3 Å². The summed E-state index contributed by atoms with van der Waals surface area (Å²) in [7, 11) is 0. The maximum Gasteiger partial charge on any atom is 0.200 e. The van der Waals surface area contributed by atoms with Gasteiger partial charge in [0, 0.05) is 18.4 Å². The number of aryl methyl sites for hydroxylation is 1. The second kappa shape index (κ2) is 8.66. The van der Waals surface area contributed by atoms with Crippen molar-refractivity contribution in [3.63, 3.8) is 0 Å². The highest BCUT2D eigenvalue weighted by Crippen LogP contribution is 2.37. The average molecular weight is 423 g/mol. The van der Waals surface area contributed by atoms with E-state index in [4.69, 9.17) is 18.6 Å². The van der Waals surface area contributed by atoms with Gasteiger partial charge in [-0.3, -0.25) is 4.79 Å². The van der Waals surface area contributed by atoms with Crippen LogP contribution in [0.3, 0.4) is 0 Å². The van der Waals surface area contributed by atoms with Gasteiger partial charge in [0.1, 0.15) is 17.1 Å². The molecule has 31 heavy (non-hydrogen) atoms. The van der Waals surface area contributed by atoms with Crippen LogP contribution >= 0.6 is 0 Å². The Morgan fingerprint density at radius 3 is 2.42 bits per heavy atom. The molecule has 0 saturated carbocycles. The van der Waals surface area contributed by atoms with Crippen molar-refractivity contribution >= 4 is 11.0 Å². The monoisotopic (exact) mass is 422 g/mol. The van der Waals surface area contributed by atoms with E-state index in [2.05, 4.69) is 6.92 Å². The summed E-state index contributed by atoms with van der Waals surface area (Å²) in [6, 6.07) is 9.45. The van der Waals surface area contributed by atoms with Gasteiger partial charge in [0.05, 0.1) is 30.3 Å². The van der Waals surface area contributed by atoms with Gasteiger partial charge in [-0.2, -0.15) is 0 Å². The van der Waals surface area contributed by atoms with Crippen LogP contribution in [0.5, 0.6) is 17.2 Å². The van der Waals surface area contributed by atoms with Gasteiger partial charge in [-0.05, 0) is 49.6 Å². The SMILES string of the molecule is CCc1cc2c(=O)c(-c3ccc4c(c3)OCCCO4)c(C(C)C)oc2cc1OC(C)C. The molecule has 0 aliphatic carbocycles. The minimum atomic E-state index is -0.0368. The minimum absolute atomic E-state index is 0.0309. The van der Waals surface area contributed by atoms with E-state index < -0.39 is 0 Å². The van der Waals surface area contributed by atoms with Crippen LogP contribution in [0.4, 0.5) is 0 Å². The highest BCUT2D eigenvalue weighted by molar-refractivity contribution is 5.85. The fourth-order valence-electron chi connectivity index (χ4n) is 3.92. The third-order valence-electron chi connectivity index (χ3n) is 5.40. The molecule has 0 N–H and O–H groups in total. The minimum Gasteiger partial charge on any atom is -0.491 e. The van der Waals surface area contributed by atoms with E-state index in [9.17, 15) is 4.79 Å². The van der Waals surface area contributed by atoms with E-state index in [1.54, 1.807) is 0 Å². The number of rotatable bonds is 5. The largest absolute Gasteiger partial charge is 0.491 e. The maximum atomic E-state index is 13.7. The first-order valence-corrected chi connectivity index (χ1v) is 11.1. The molecule has 4 rings (SSSR count). The molecule has 0 spiro atoms. The first-order chi connectivity index (χ1) is 14.9. The number of hydrogen-bond donors (Lipinski definition) is 0. The third-order valence-corrected chi connectivity index (χ3v) is 5.40. The summed E-state index contributed by atoms with van der Waals surface area (Å²) >= 11 is 0. The standard InChI is InChI=1S/C26H30O5/c1-6-17-12-19-22(14-21(17)30-16(4)5)31-26(15(2)3)24(25(19)27)18-8-9-20-23(13-18)29-11-7-10-28-20/h8-9,12-16H,6-7,10-11H2,1-5H3. The van der Waals surface area contributed by atoms with Crippen molar-refractivity contribution in [1.29, 1.82) is 0 Å². The summed E-state index contributed by atoms with van der Waals surface area (Å²) in [4.78, 5) is 13.7. The summed E-state index contributed by atoms with van der Waals surface area (Å²) in [5.74, 6) is 2.83. The van der Waals surface area contributed by atoms with E-state index in [1.165, 1.54) is 0 Å². The van der Waals surface area contributed by atoms with Crippen molar-refractivity contribution in [3.8, 4) is 28.4 Å². The number of benzene rings is 2. The van der Waals surface area contributed by atoms with Crippen LogP contribution in [0.15, 0.2) is 39.5 Å². The first kappa shape index (κ1) is 21.3. The zero-order chi connectivity index (χ0) is 22.1. The average Bonchev–Trinajstić information content (AvgIpc) is 2.97. The summed E-state index contributed by atoms with van der Waals surface area (Å²) in [6.45, 7) is 11.3. The van der Waals surface area contributed by atoms with Crippen molar-refractivity contribution in [2.75, 3.05) is 13.2 Å². The van der Waals surface area contributed by atoms with Gasteiger partial charge in [0.15, 0.2) is 11.5 Å². The van der Waals surface area contributed by atoms with Crippen LogP contribution in [0, 0.1) is 0 Å². The molecule has 0 bridgehead atoms. The zero-order valence-corrected chi connectivity index (χ0v) is 18.9. The van der Waals surface area contributed by atoms with Crippen molar-refractivity contribution in [2.24, 2.45) is 0 Å². The van der Waals surface area contributed by atoms with Gasteiger partial charge in [-0.1, -0.05) is 26.8 Å². The van der Waals surface area contributed by atoms with Crippen LogP contribution < -0.4 is 19.6 Å². The lowest BCUT2D eigenvalue weighted by Crippen LogP contribution is -2.12. The van der Waals surface area contributed by atoms with Crippen LogP contribution in [0.2, 0.25) is 0 Å². The Labute approximate surface area is 182 Å². The molecular formula is C26H30O5. The number of ether oxygens (including phenoxy) is 3. The highest BCUT2D eigenvalue weighted by atomic mass is 16.5. The molecule has 0 amide bonds. The molecule has 2 heterocycles. The van der Waals surface area contributed by atoms with Crippen LogP contribution in [-0.2, 0) is 6.42 Å². The summed E-state index contributed by atoms with van der Waals surface area (Å²) in [6.07, 6.45) is 1.64. The molecular weight excluding hydrogens is 392 g/mol. The second-order valence-electron chi connectivity index (χ2n) is 8.51. The van der Waals surface area contributed by atoms with E-state index in [-0.39, 0.29) is 17.5 Å². The molecule has 2 aromatic carbocycles. The Hall–Kier alpha value is -2.95. The molecule has 1 aliphatic rings. The molecule has 1 aromatic heterocycles. The molecule has 0 atom stereocenters. The molecule has 0 radical (unpaired) electrons. The van der Waals surface area contributed by atoms with Gasteiger partial charge in [0.25, 0.3) is 0 Å². The van der Waals surface area contributed by atoms with Gasteiger partial charge in [-0.25, -0.2) is 0 Å². The fourth-order valence-corrected chi connectivity index (χ4v) is 3.92. The van der Waals surface area contributed by atoms with Crippen LogP contribution in [0.25, 0.3) is 22.1 Å². The predicted octanol–water partition coefficient (Wildman–Crippen LogP) is 6.09. The molecule has 0 unspecified atom stereocenters. The first-order valence-electron chi connectivity index (χ1n) is 11.1. The molecule has 3 aromatic rings. The smallest absolute Gasteiger partial charge is 0.200 e. The fraction of sp³-hybridized carbons (Fsp3) is 0.423. The topological polar surface area (TPSA) is 57.9 Å². The Morgan fingerprint density at radius 1 is 1.00 bits per heavy atom. The predicted molar refractivity (Wildman–Crippen MR) is 123 cm³/mol. The lowest BCUT2D eigenvalue weighted by Gasteiger charge is -2.17. The Bertz CT molecular complexity index is 1160. The van der Waals surface area contributed by atoms with Gasteiger partial charge in [-0.15, -0.1) is 0 Å². The summed E-state index contributed by atoms with van der Waals surface area (Å²) < 4.78 is 23.9. The van der Waals surface area contributed by atoms with Gasteiger partial charge >= 0.3 is 0 Å². The molecule has 0 fully saturated rings. The van der Waals surface area contributed by atoms with Crippen molar-refractivity contribution in [2.45, 2.75) is 59.5 Å². The highest BCUT2D eigenvalue weighted by Gasteiger charge is 2.22. The zero-order valence-electron chi connectivity index (χ0n) is 18.9. The molecule has 5 nitrogen and oxygen atoms in total. The normalized spacial score (nSPS) is 13.6. The molecule has 1 aliphatic heterocycles. The molecule has 5 heteroatoms. The summed E-state index contributed by atoms with van der Waals surface area (Å²) in [5.41, 5.74) is 2.88.